The molecule has 1 fully saturated rings. The monoisotopic (exact) mass is 356 g/mol. The van der Waals surface area contributed by atoms with Gasteiger partial charge in [0.15, 0.2) is 0 Å². The standard InChI is InChI=1S/C18H20N4O4/c1-26-17-10-13(6-7-19-17)12-20-18(23)15-11-14(22(24)25)4-5-16(15)21-8-2-3-9-21/h4-7,10-11H,2-3,8-9,12H2,1H3,(H,20,23). The van der Waals surface area contributed by atoms with Crippen molar-refractivity contribution >= 4 is 17.3 Å². The Hall–Kier alpha value is -3.16. The van der Waals surface area contributed by atoms with Crippen LogP contribution < -0.4 is 15.0 Å². The summed E-state index contributed by atoms with van der Waals surface area (Å²) < 4.78 is 5.07. The molecule has 1 N–H and O–H groups in total. The molecule has 136 valence electrons. The Morgan fingerprint density at radius 2 is 2.08 bits per heavy atom. The van der Waals surface area contributed by atoms with Gasteiger partial charge in [-0.2, -0.15) is 0 Å². The lowest BCUT2D eigenvalue weighted by atomic mass is 10.1. The molecule has 1 amide bonds. The number of hydrogen-bond acceptors (Lipinski definition) is 6. The first-order chi connectivity index (χ1) is 12.6. The Bertz CT molecular complexity index is 819. The van der Waals surface area contributed by atoms with Crippen LogP contribution in [0.3, 0.4) is 0 Å². The summed E-state index contributed by atoms with van der Waals surface area (Å²) in [6.07, 6.45) is 3.70. The third kappa shape index (κ3) is 3.90. The number of nitrogens with one attached hydrogen (secondary N) is 1. The van der Waals surface area contributed by atoms with Crippen LogP contribution in [0.4, 0.5) is 11.4 Å². The van der Waals surface area contributed by atoms with E-state index in [4.69, 9.17) is 4.74 Å². The molecule has 8 heteroatoms. The molecule has 0 radical (unpaired) electrons. The van der Waals surface area contributed by atoms with Crippen molar-refractivity contribution in [3.8, 4) is 5.88 Å². The van der Waals surface area contributed by atoms with Gasteiger partial charge in [0, 0.05) is 44.0 Å². The fourth-order valence-electron chi connectivity index (χ4n) is 3.00. The number of nitro groups is 1. The molecule has 0 atom stereocenters. The summed E-state index contributed by atoms with van der Waals surface area (Å²) >= 11 is 0. The van der Waals surface area contributed by atoms with E-state index in [9.17, 15) is 14.9 Å². The first kappa shape index (κ1) is 17.7. The fraction of sp³-hybridized carbons (Fsp3) is 0.333. The largest absolute Gasteiger partial charge is 0.481 e. The Morgan fingerprint density at radius 1 is 1.31 bits per heavy atom. The molecular formula is C18H20N4O4. The molecule has 0 unspecified atom stereocenters. The third-order valence-corrected chi connectivity index (χ3v) is 4.34. The van der Waals surface area contributed by atoms with Crippen LogP contribution in [-0.2, 0) is 6.54 Å². The maximum Gasteiger partial charge on any atom is 0.270 e. The van der Waals surface area contributed by atoms with Gasteiger partial charge in [-0.25, -0.2) is 4.98 Å². The van der Waals surface area contributed by atoms with Gasteiger partial charge >= 0.3 is 0 Å². The van der Waals surface area contributed by atoms with E-state index in [1.165, 1.54) is 19.2 Å². The first-order valence-corrected chi connectivity index (χ1v) is 8.39. The molecular weight excluding hydrogens is 336 g/mol. The minimum Gasteiger partial charge on any atom is -0.481 e. The Labute approximate surface area is 150 Å². The van der Waals surface area contributed by atoms with Crippen LogP contribution in [0.15, 0.2) is 36.5 Å². The van der Waals surface area contributed by atoms with Crippen molar-refractivity contribution in [3.63, 3.8) is 0 Å². The summed E-state index contributed by atoms with van der Waals surface area (Å²) in [5.41, 5.74) is 1.79. The van der Waals surface area contributed by atoms with Crippen LogP contribution >= 0.6 is 0 Å². The number of rotatable bonds is 6. The highest BCUT2D eigenvalue weighted by Gasteiger charge is 2.22. The lowest BCUT2D eigenvalue weighted by Gasteiger charge is -2.21. The molecule has 26 heavy (non-hydrogen) atoms. The van der Waals surface area contributed by atoms with Crippen molar-refractivity contribution in [3.05, 3.63) is 57.8 Å². The van der Waals surface area contributed by atoms with E-state index in [0.717, 1.165) is 37.2 Å². The Kier molecular flexibility index (Phi) is 5.31. The maximum absolute atomic E-state index is 12.7. The number of anilines is 1. The van der Waals surface area contributed by atoms with Gasteiger partial charge < -0.3 is 15.0 Å². The summed E-state index contributed by atoms with van der Waals surface area (Å²) in [6, 6.07) is 7.95. The van der Waals surface area contributed by atoms with Crippen molar-refractivity contribution < 1.29 is 14.5 Å². The van der Waals surface area contributed by atoms with Gasteiger partial charge in [0.25, 0.3) is 11.6 Å². The second-order valence-corrected chi connectivity index (χ2v) is 6.04. The van der Waals surface area contributed by atoms with Gasteiger partial charge in [-0.05, 0) is 30.5 Å². The first-order valence-electron chi connectivity index (χ1n) is 8.39. The van der Waals surface area contributed by atoms with E-state index < -0.39 is 4.92 Å². The van der Waals surface area contributed by atoms with Crippen molar-refractivity contribution in [2.24, 2.45) is 0 Å². The normalized spacial score (nSPS) is 13.5. The van der Waals surface area contributed by atoms with Crippen molar-refractivity contribution in [2.75, 3.05) is 25.1 Å². The van der Waals surface area contributed by atoms with Crippen LogP contribution in [0, 0.1) is 10.1 Å². The highest BCUT2D eigenvalue weighted by atomic mass is 16.6. The second-order valence-electron chi connectivity index (χ2n) is 6.04. The summed E-state index contributed by atoms with van der Waals surface area (Å²) in [5.74, 6) is 0.122. The second kappa shape index (κ2) is 7.81. The number of non-ortho nitro benzene ring substituents is 1. The fourth-order valence-corrected chi connectivity index (χ4v) is 3.00. The zero-order valence-corrected chi connectivity index (χ0v) is 14.5. The van der Waals surface area contributed by atoms with Crippen molar-refractivity contribution in [2.45, 2.75) is 19.4 Å². The maximum atomic E-state index is 12.7. The molecule has 0 saturated carbocycles. The van der Waals surface area contributed by atoms with Gasteiger partial charge in [0.05, 0.1) is 23.3 Å². The number of carbonyl (C=O) groups is 1. The molecule has 1 aliphatic rings. The number of nitro benzene ring substituents is 1. The predicted molar refractivity (Wildman–Crippen MR) is 96.5 cm³/mol. The highest BCUT2D eigenvalue weighted by molar-refractivity contribution is 6.00. The molecule has 0 spiro atoms. The SMILES string of the molecule is COc1cc(CNC(=O)c2cc([N+](=O)[O-])ccc2N2CCCC2)ccn1. The number of carbonyl (C=O) groups excluding carboxylic acids is 1. The lowest BCUT2D eigenvalue weighted by Crippen LogP contribution is -2.27. The van der Waals surface area contributed by atoms with Gasteiger partial charge in [-0.3, -0.25) is 14.9 Å². The topological polar surface area (TPSA) is 97.6 Å². The van der Waals surface area contributed by atoms with Crippen LogP contribution in [0.2, 0.25) is 0 Å². The van der Waals surface area contributed by atoms with E-state index >= 15 is 0 Å². The Balaban J connectivity index is 1.81. The third-order valence-electron chi connectivity index (χ3n) is 4.34. The van der Waals surface area contributed by atoms with E-state index in [2.05, 4.69) is 15.2 Å². The van der Waals surface area contributed by atoms with Crippen LogP contribution in [0.1, 0.15) is 28.8 Å². The van der Waals surface area contributed by atoms with E-state index in [1.54, 1.807) is 24.4 Å². The highest BCUT2D eigenvalue weighted by Crippen LogP contribution is 2.28. The molecule has 1 aromatic carbocycles. The molecule has 3 rings (SSSR count). The van der Waals surface area contributed by atoms with Crippen molar-refractivity contribution in [1.82, 2.24) is 10.3 Å². The average molecular weight is 356 g/mol. The molecule has 2 aromatic rings. The van der Waals surface area contributed by atoms with E-state index in [1.807, 2.05) is 0 Å². The van der Waals surface area contributed by atoms with Gasteiger partial charge in [0.1, 0.15) is 0 Å². The average Bonchev–Trinajstić information content (AvgIpc) is 3.20. The predicted octanol–water partition coefficient (Wildman–Crippen LogP) is 2.53. The number of benzene rings is 1. The van der Waals surface area contributed by atoms with Crippen molar-refractivity contribution in [1.29, 1.82) is 0 Å². The molecule has 1 aromatic heterocycles. The number of hydrogen-bond donors (Lipinski definition) is 1. The zero-order valence-electron chi connectivity index (χ0n) is 14.5. The smallest absolute Gasteiger partial charge is 0.270 e. The lowest BCUT2D eigenvalue weighted by molar-refractivity contribution is -0.384. The van der Waals surface area contributed by atoms with E-state index in [0.29, 0.717) is 11.4 Å². The molecule has 0 aliphatic carbocycles. The van der Waals surface area contributed by atoms with Crippen LogP contribution in [-0.4, -0.2) is 36.0 Å². The summed E-state index contributed by atoms with van der Waals surface area (Å²) in [7, 11) is 1.52. The molecule has 1 aliphatic heterocycles. The molecule has 8 nitrogen and oxygen atoms in total. The summed E-state index contributed by atoms with van der Waals surface area (Å²) in [6.45, 7) is 1.97. The van der Waals surface area contributed by atoms with Gasteiger partial charge in [-0.1, -0.05) is 0 Å². The number of ether oxygens (including phenoxy) is 1. The summed E-state index contributed by atoms with van der Waals surface area (Å²) in [4.78, 5) is 29.4. The quantitative estimate of drug-likeness (QED) is 0.631. The Morgan fingerprint density at radius 3 is 2.77 bits per heavy atom. The minimum atomic E-state index is -0.488. The van der Waals surface area contributed by atoms with Crippen LogP contribution in [0.5, 0.6) is 5.88 Å². The number of pyridine rings is 1. The van der Waals surface area contributed by atoms with Gasteiger partial charge in [-0.15, -0.1) is 0 Å². The van der Waals surface area contributed by atoms with E-state index in [-0.39, 0.29) is 18.1 Å². The summed E-state index contributed by atoms with van der Waals surface area (Å²) in [5, 5.41) is 13.9. The number of aromatic nitrogens is 1. The van der Waals surface area contributed by atoms with Crippen LogP contribution in [0.25, 0.3) is 0 Å². The number of nitrogens with zero attached hydrogens (tertiary/aromatic N) is 3. The zero-order chi connectivity index (χ0) is 18.5. The molecule has 1 saturated heterocycles. The molecule has 0 bridgehead atoms. The number of amides is 1. The number of methoxy groups -OCH3 is 1. The van der Waals surface area contributed by atoms with Gasteiger partial charge in [0.2, 0.25) is 5.88 Å². The molecule has 2 heterocycles. The minimum absolute atomic E-state index is 0.0938.